The van der Waals surface area contributed by atoms with Gasteiger partial charge in [0.2, 0.25) is 0 Å². The van der Waals surface area contributed by atoms with Crippen LogP contribution in [0.2, 0.25) is 0 Å². The van der Waals surface area contributed by atoms with Gasteiger partial charge in [0.05, 0.1) is 13.2 Å². The molecule has 1 rings (SSSR count). The van der Waals surface area contributed by atoms with E-state index in [2.05, 4.69) is 0 Å². The molecule has 0 amide bonds. The van der Waals surface area contributed by atoms with E-state index in [1.807, 2.05) is 30.3 Å². The van der Waals surface area contributed by atoms with Crippen molar-refractivity contribution in [2.24, 2.45) is 11.3 Å². The minimum Gasteiger partial charge on any atom is -0.465 e. The quantitative estimate of drug-likeness (QED) is 0.397. The summed E-state index contributed by atoms with van der Waals surface area (Å²) in [7, 11) is 0. The topological polar surface area (TPSA) is 69.7 Å². The smallest absolute Gasteiger partial charge is 0.324 e. The van der Waals surface area contributed by atoms with Crippen molar-refractivity contribution in [3.05, 3.63) is 35.9 Å². The van der Waals surface area contributed by atoms with Gasteiger partial charge in [-0.05, 0) is 32.3 Å². The van der Waals surface area contributed by atoms with Crippen LogP contribution in [0.25, 0.3) is 0 Å². The van der Waals surface area contributed by atoms with Gasteiger partial charge in [0, 0.05) is 5.92 Å². The lowest BCUT2D eigenvalue weighted by molar-refractivity contribution is -0.177. The van der Waals surface area contributed by atoms with E-state index in [4.69, 9.17) is 9.47 Å². The van der Waals surface area contributed by atoms with Crippen LogP contribution in [0.4, 0.5) is 0 Å². The van der Waals surface area contributed by atoms with Crippen molar-refractivity contribution in [2.75, 3.05) is 13.2 Å². The van der Waals surface area contributed by atoms with E-state index in [0.717, 1.165) is 5.56 Å². The second-order valence-corrected chi connectivity index (χ2v) is 5.23. The van der Waals surface area contributed by atoms with Gasteiger partial charge in [0.1, 0.15) is 6.29 Å². The van der Waals surface area contributed by atoms with Crippen molar-refractivity contribution >= 4 is 18.2 Å². The van der Waals surface area contributed by atoms with E-state index in [0.29, 0.717) is 12.7 Å². The number of rotatable bonds is 9. The average molecular weight is 320 g/mol. The largest absolute Gasteiger partial charge is 0.465 e. The molecule has 0 spiro atoms. The second-order valence-electron chi connectivity index (χ2n) is 5.23. The fourth-order valence-electron chi connectivity index (χ4n) is 2.66. The van der Waals surface area contributed by atoms with Crippen molar-refractivity contribution in [3.63, 3.8) is 0 Å². The van der Waals surface area contributed by atoms with E-state index in [1.54, 1.807) is 20.8 Å². The van der Waals surface area contributed by atoms with Crippen molar-refractivity contribution in [1.29, 1.82) is 0 Å². The Bertz CT molecular complexity index is 505. The summed E-state index contributed by atoms with van der Waals surface area (Å²) in [6.45, 7) is 5.35. The Labute approximate surface area is 137 Å². The number of carbonyl (C=O) groups is 3. The third-order valence-corrected chi connectivity index (χ3v) is 3.84. The standard InChI is InChI=1S/C18H24O5/c1-4-15(13-19)18(16(20)22-5-2,17(21)23-6-3)12-14-10-8-7-9-11-14/h7-11,13,15H,4-6,12H2,1-3H3. The molecule has 0 fully saturated rings. The molecular formula is C18H24O5. The molecule has 0 aliphatic carbocycles. The fourth-order valence-corrected chi connectivity index (χ4v) is 2.66. The molecule has 1 unspecified atom stereocenters. The van der Waals surface area contributed by atoms with Crippen LogP contribution in [0.3, 0.4) is 0 Å². The third kappa shape index (κ3) is 4.18. The van der Waals surface area contributed by atoms with Crippen LogP contribution in [0, 0.1) is 11.3 Å². The minimum atomic E-state index is -1.65. The summed E-state index contributed by atoms with van der Waals surface area (Å²) in [5.41, 5.74) is -0.877. The molecule has 0 bridgehead atoms. The normalized spacial score (nSPS) is 12.3. The van der Waals surface area contributed by atoms with Crippen LogP contribution < -0.4 is 0 Å². The van der Waals surface area contributed by atoms with Gasteiger partial charge >= 0.3 is 11.9 Å². The number of ether oxygens (including phenoxy) is 2. The Kier molecular flexibility index (Phi) is 7.45. The Morgan fingerprint density at radius 2 is 1.57 bits per heavy atom. The molecular weight excluding hydrogens is 296 g/mol. The van der Waals surface area contributed by atoms with Crippen LogP contribution in [0.1, 0.15) is 32.8 Å². The molecule has 23 heavy (non-hydrogen) atoms. The molecule has 0 radical (unpaired) electrons. The molecule has 0 N–H and O–H groups in total. The lowest BCUT2D eigenvalue weighted by atomic mass is 9.70. The second kappa shape index (κ2) is 9.08. The van der Waals surface area contributed by atoms with Gasteiger partial charge in [-0.15, -0.1) is 0 Å². The molecule has 126 valence electrons. The van der Waals surface area contributed by atoms with E-state index in [1.165, 1.54) is 0 Å². The van der Waals surface area contributed by atoms with Gasteiger partial charge in [0.15, 0.2) is 5.41 Å². The minimum absolute atomic E-state index is 0.0722. The molecule has 0 saturated heterocycles. The van der Waals surface area contributed by atoms with Crippen molar-refractivity contribution in [3.8, 4) is 0 Å². The van der Waals surface area contributed by atoms with Crippen LogP contribution in [0.5, 0.6) is 0 Å². The highest BCUT2D eigenvalue weighted by Gasteiger charge is 2.54. The summed E-state index contributed by atoms with van der Waals surface area (Å²) in [5.74, 6) is -2.22. The Balaban J connectivity index is 3.40. The predicted octanol–water partition coefficient (Wildman–Crippen LogP) is 2.57. The Morgan fingerprint density at radius 1 is 1.04 bits per heavy atom. The molecule has 1 aromatic carbocycles. The summed E-state index contributed by atoms with van der Waals surface area (Å²) >= 11 is 0. The molecule has 1 aromatic rings. The van der Waals surface area contributed by atoms with Gasteiger partial charge in [-0.25, -0.2) is 0 Å². The van der Waals surface area contributed by atoms with Crippen molar-refractivity contribution < 1.29 is 23.9 Å². The molecule has 0 aliphatic heterocycles. The highest BCUT2D eigenvalue weighted by molar-refractivity contribution is 6.03. The molecule has 0 aromatic heterocycles. The number of benzene rings is 1. The van der Waals surface area contributed by atoms with E-state index in [-0.39, 0.29) is 19.6 Å². The number of hydrogen-bond acceptors (Lipinski definition) is 5. The maximum atomic E-state index is 12.7. The molecule has 1 atom stereocenters. The zero-order valence-electron chi connectivity index (χ0n) is 13.9. The summed E-state index contributed by atoms with van der Waals surface area (Å²) in [5, 5.41) is 0. The zero-order chi connectivity index (χ0) is 17.3. The highest BCUT2D eigenvalue weighted by Crippen LogP contribution is 2.36. The maximum absolute atomic E-state index is 12.7. The Morgan fingerprint density at radius 3 is 1.96 bits per heavy atom. The highest BCUT2D eigenvalue weighted by atomic mass is 16.6. The number of hydrogen-bond donors (Lipinski definition) is 0. The summed E-state index contributed by atoms with van der Waals surface area (Å²) < 4.78 is 10.3. The summed E-state index contributed by atoms with van der Waals surface area (Å²) in [6, 6.07) is 9.10. The lowest BCUT2D eigenvalue weighted by Gasteiger charge is -2.33. The molecule has 0 saturated carbocycles. The van der Waals surface area contributed by atoms with E-state index < -0.39 is 23.3 Å². The van der Waals surface area contributed by atoms with Gasteiger partial charge in [0.25, 0.3) is 0 Å². The molecule has 0 aliphatic rings. The van der Waals surface area contributed by atoms with Crippen LogP contribution in [-0.4, -0.2) is 31.4 Å². The first-order valence-electron chi connectivity index (χ1n) is 7.90. The molecule has 5 heteroatoms. The predicted molar refractivity (Wildman–Crippen MR) is 85.7 cm³/mol. The van der Waals surface area contributed by atoms with Gasteiger partial charge in [-0.2, -0.15) is 0 Å². The zero-order valence-corrected chi connectivity index (χ0v) is 13.9. The van der Waals surface area contributed by atoms with Crippen LogP contribution in [0.15, 0.2) is 30.3 Å². The number of carbonyl (C=O) groups excluding carboxylic acids is 3. The first-order chi connectivity index (χ1) is 11.1. The number of aldehydes is 1. The summed E-state index contributed by atoms with van der Waals surface area (Å²) in [4.78, 5) is 36.9. The SMILES string of the molecule is CCOC(=O)C(Cc1ccccc1)(C(=O)OCC)C(C=O)CC. The van der Waals surface area contributed by atoms with Crippen molar-refractivity contribution in [2.45, 2.75) is 33.6 Å². The Hall–Kier alpha value is -2.17. The lowest BCUT2D eigenvalue weighted by Crippen LogP contribution is -2.50. The summed E-state index contributed by atoms with van der Waals surface area (Å²) in [6.07, 6.45) is 1.06. The average Bonchev–Trinajstić information content (AvgIpc) is 2.56. The van der Waals surface area contributed by atoms with Crippen LogP contribution in [-0.2, 0) is 30.3 Å². The first kappa shape index (κ1) is 18.9. The van der Waals surface area contributed by atoms with E-state index >= 15 is 0 Å². The maximum Gasteiger partial charge on any atom is 0.324 e. The third-order valence-electron chi connectivity index (χ3n) is 3.84. The van der Waals surface area contributed by atoms with Gasteiger partial charge in [-0.1, -0.05) is 37.3 Å². The van der Waals surface area contributed by atoms with Gasteiger partial charge in [-0.3, -0.25) is 9.59 Å². The molecule has 0 heterocycles. The fraction of sp³-hybridized carbons (Fsp3) is 0.500. The van der Waals surface area contributed by atoms with E-state index in [9.17, 15) is 14.4 Å². The molecule has 5 nitrogen and oxygen atoms in total. The van der Waals surface area contributed by atoms with Crippen molar-refractivity contribution in [1.82, 2.24) is 0 Å². The monoisotopic (exact) mass is 320 g/mol. The van der Waals surface area contributed by atoms with Gasteiger partial charge < -0.3 is 14.3 Å². The number of esters is 2. The van der Waals surface area contributed by atoms with Crippen LogP contribution >= 0.6 is 0 Å². The first-order valence-corrected chi connectivity index (χ1v) is 7.90.